The number of benzene rings is 1. The van der Waals surface area contributed by atoms with Crippen LogP contribution in [-0.4, -0.2) is 35.3 Å². The number of hydrogen-bond donors (Lipinski definition) is 1. The van der Waals surface area contributed by atoms with Gasteiger partial charge in [-0.15, -0.1) is 0 Å². The average molecular weight is 379 g/mol. The Kier molecular flexibility index (Phi) is 6.55. The highest BCUT2D eigenvalue weighted by molar-refractivity contribution is 6.04. The highest BCUT2D eigenvalue weighted by Crippen LogP contribution is 2.29. The number of pyridine rings is 1. The number of amides is 2. The highest BCUT2D eigenvalue weighted by Gasteiger charge is 2.30. The number of anilines is 1. The molecule has 144 valence electrons. The third kappa shape index (κ3) is 5.54. The molecule has 1 N–H and O–H groups in total. The number of aromatic nitrogens is 1. The Bertz CT molecular complexity index is 805. The normalized spacial score (nSPS) is 11.1. The summed E-state index contributed by atoms with van der Waals surface area (Å²) in [5.41, 5.74) is -0.279. The summed E-state index contributed by atoms with van der Waals surface area (Å²) in [6.07, 6.45) is -1.27. The number of rotatable bonds is 6. The fraction of sp³-hybridized carbons (Fsp3) is 0.316. The lowest BCUT2D eigenvalue weighted by Gasteiger charge is -2.17. The van der Waals surface area contributed by atoms with Crippen molar-refractivity contribution in [1.29, 1.82) is 0 Å². The Labute approximate surface area is 155 Å². The van der Waals surface area contributed by atoms with Crippen LogP contribution in [0.5, 0.6) is 0 Å². The van der Waals surface area contributed by atoms with E-state index < -0.39 is 17.6 Å². The predicted molar refractivity (Wildman–Crippen MR) is 95.5 cm³/mol. The number of alkyl halides is 3. The second kappa shape index (κ2) is 8.66. The fourth-order valence-corrected chi connectivity index (χ4v) is 2.34. The van der Waals surface area contributed by atoms with Crippen molar-refractivity contribution in [3.05, 3.63) is 59.4 Å². The van der Waals surface area contributed by atoms with Gasteiger partial charge in [-0.05, 0) is 42.8 Å². The van der Waals surface area contributed by atoms with E-state index >= 15 is 0 Å². The molecule has 0 bridgehead atoms. The molecule has 2 amide bonds. The first kappa shape index (κ1) is 20.4. The van der Waals surface area contributed by atoms with Crippen LogP contribution in [0.3, 0.4) is 0 Å². The van der Waals surface area contributed by atoms with Crippen LogP contribution >= 0.6 is 0 Å². The molecular formula is C19H20F3N3O2. The summed E-state index contributed by atoms with van der Waals surface area (Å²) < 4.78 is 37.7. The van der Waals surface area contributed by atoms with Gasteiger partial charge in [0, 0.05) is 31.0 Å². The van der Waals surface area contributed by atoms with Crippen molar-refractivity contribution >= 4 is 17.5 Å². The molecule has 8 heteroatoms. The van der Waals surface area contributed by atoms with Gasteiger partial charge in [-0.1, -0.05) is 13.3 Å². The van der Waals surface area contributed by atoms with Crippen molar-refractivity contribution < 1.29 is 22.8 Å². The monoisotopic (exact) mass is 379 g/mol. The van der Waals surface area contributed by atoms with Gasteiger partial charge < -0.3 is 10.2 Å². The summed E-state index contributed by atoms with van der Waals surface area (Å²) >= 11 is 0. The fourth-order valence-electron chi connectivity index (χ4n) is 2.34. The number of unbranched alkanes of at least 4 members (excludes halogenated alkanes) is 1. The molecule has 0 saturated heterocycles. The maximum Gasteiger partial charge on any atom is 0.416 e. The Morgan fingerprint density at radius 1 is 1.15 bits per heavy atom. The minimum Gasteiger partial charge on any atom is -0.342 e. The highest BCUT2D eigenvalue weighted by atomic mass is 19.4. The quantitative estimate of drug-likeness (QED) is 0.817. The first-order valence-corrected chi connectivity index (χ1v) is 8.42. The molecule has 0 unspecified atom stereocenters. The molecule has 0 aliphatic rings. The van der Waals surface area contributed by atoms with Gasteiger partial charge in [-0.2, -0.15) is 13.2 Å². The van der Waals surface area contributed by atoms with E-state index in [1.165, 1.54) is 18.3 Å². The Morgan fingerprint density at radius 2 is 1.81 bits per heavy atom. The van der Waals surface area contributed by atoms with Crippen LogP contribution in [-0.2, 0) is 6.18 Å². The van der Waals surface area contributed by atoms with Gasteiger partial charge in [-0.25, -0.2) is 0 Å². The van der Waals surface area contributed by atoms with Crippen LogP contribution in [0.2, 0.25) is 0 Å². The zero-order valence-corrected chi connectivity index (χ0v) is 15.0. The summed E-state index contributed by atoms with van der Waals surface area (Å²) in [7, 11) is 1.68. The summed E-state index contributed by atoms with van der Waals surface area (Å²) in [6.45, 7) is 2.62. The van der Waals surface area contributed by atoms with Crippen LogP contribution < -0.4 is 5.32 Å². The molecule has 0 radical (unpaired) electrons. The molecule has 0 fully saturated rings. The first-order chi connectivity index (χ1) is 12.7. The number of carbonyl (C=O) groups excluding carboxylic acids is 2. The van der Waals surface area contributed by atoms with E-state index in [0.717, 1.165) is 37.1 Å². The van der Waals surface area contributed by atoms with E-state index in [9.17, 15) is 22.8 Å². The zero-order valence-electron chi connectivity index (χ0n) is 15.0. The van der Waals surface area contributed by atoms with Crippen LogP contribution in [0, 0.1) is 0 Å². The van der Waals surface area contributed by atoms with Crippen LogP contribution in [0.4, 0.5) is 18.9 Å². The Balaban J connectivity index is 2.10. The lowest BCUT2D eigenvalue weighted by molar-refractivity contribution is -0.137. The summed E-state index contributed by atoms with van der Waals surface area (Å²) in [5.74, 6) is -0.838. The molecule has 0 spiro atoms. The van der Waals surface area contributed by atoms with Crippen molar-refractivity contribution in [3.8, 4) is 0 Å². The van der Waals surface area contributed by atoms with Crippen LogP contribution in [0.15, 0.2) is 42.6 Å². The molecule has 0 atom stereocenters. The maximum atomic E-state index is 12.6. The molecule has 0 aliphatic heterocycles. The average Bonchev–Trinajstić information content (AvgIpc) is 2.65. The molecule has 1 heterocycles. The molecule has 0 saturated carbocycles. The van der Waals surface area contributed by atoms with E-state index in [4.69, 9.17) is 0 Å². The lowest BCUT2D eigenvalue weighted by atomic mass is 10.1. The van der Waals surface area contributed by atoms with E-state index in [2.05, 4.69) is 10.3 Å². The van der Waals surface area contributed by atoms with Gasteiger partial charge in [0.2, 0.25) is 0 Å². The standard InChI is InChI=1S/C19H20F3N3O2/c1-3-4-11-25(2)18(27)13-9-10-23-16(12-13)17(26)24-15-7-5-14(6-8-15)19(20,21)22/h5-10,12H,3-4,11H2,1-2H3,(H,24,26). The van der Waals surface area contributed by atoms with Gasteiger partial charge in [0.25, 0.3) is 11.8 Å². The minimum absolute atomic E-state index is 0.00430. The van der Waals surface area contributed by atoms with Crippen LogP contribution in [0.1, 0.15) is 46.2 Å². The Hall–Kier alpha value is -2.90. The summed E-state index contributed by atoms with van der Waals surface area (Å²) in [4.78, 5) is 30.2. The van der Waals surface area contributed by atoms with Crippen molar-refractivity contribution in [2.75, 3.05) is 18.9 Å². The summed E-state index contributed by atoms with van der Waals surface area (Å²) in [5, 5.41) is 2.47. The van der Waals surface area contributed by atoms with Crippen molar-refractivity contribution in [2.24, 2.45) is 0 Å². The largest absolute Gasteiger partial charge is 0.416 e. The van der Waals surface area contributed by atoms with Crippen molar-refractivity contribution in [1.82, 2.24) is 9.88 Å². The topological polar surface area (TPSA) is 62.3 Å². The maximum absolute atomic E-state index is 12.6. The first-order valence-electron chi connectivity index (χ1n) is 8.42. The van der Waals surface area contributed by atoms with Gasteiger partial charge >= 0.3 is 6.18 Å². The third-order valence-electron chi connectivity index (χ3n) is 3.90. The van der Waals surface area contributed by atoms with E-state index in [1.54, 1.807) is 11.9 Å². The molecular weight excluding hydrogens is 359 g/mol. The molecule has 1 aromatic carbocycles. The Morgan fingerprint density at radius 3 is 2.41 bits per heavy atom. The SMILES string of the molecule is CCCCN(C)C(=O)c1ccnc(C(=O)Nc2ccc(C(F)(F)F)cc2)c1. The number of nitrogens with one attached hydrogen (secondary N) is 1. The minimum atomic E-state index is -4.44. The summed E-state index contributed by atoms with van der Waals surface area (Å²) in [6, 6.07) is 6.96. The smallest absolute Gasteiger partial charge is 0.342 e. The molecule has 1 aromatic heterocycles. The third-order valence-corrected chi connectivity index (χ3v) is 3.90. The molecule has 5 nitrogen and oxygen atoms in total. The zero-order chi connectivity index (χ0) is 20.0. The number of nitrogens with zero attached hydrogens (tertiary/aromatic N) is 2. The van der Waals surface area contributed by atoms with Crippen molar-refractivity contribution in [2.45, 2.75) is 25.9 Å². The lowest BCUT2D eigenvalue weighted by Crippen LogP contribution is -2.28. The molecule has 0 aliphatic carbocycles. The second-order valence-electron chi connectivity index (χ2n) is 6.04. The van der Waals surface area contributed by atoms with E-state index in [1.807, 2.05) is 6.92 Å². The molecule has 2 rings (SSSR count). The number of hydrogen-bond acceptors (Lipinski definition) is 3. The predicted octanol–water partition coefficient (Wildman–Crippen LogP) is 4.22. The van der Waals surface area contributed by atoms with E-state index in [-0.39, 0.29) is 17.3 Å². The van der Waals surface area contributed by atoms with Crippen molar-refractivity contribution in [3.63, 3.8) is 0 Å². The van der Waals surface area contributed by atoms with Gasteiger partial charge in [0.1, 0.15) is 5.69 Å². The number of halogens is 3. The van der Waals surface area contributed by atoms with Gasteiger partial charge in [0.05, 0.1) is 5.56 Å². The van der Waals surface area contributed by atoms with Gasteiger partial charge in [0.15, 0.2) is 0 Å². The van der Waals surface area contributed by atoms with E-state index in [0.29, 0.717) is 12.1 Å². The second-order valence-corrected chi connectivity index (χ2v) is 6.04. The molecule has 2 aromatic rings. The molecule has 27 heavy (non-hydrogen) atoms. The van der Waals surface area contributed by atoms with Crippen LogP contribution in [0.25, 0.3) is 0 Å². The van der Waals surface area contributed by atoms with Gasteiger partial charge in [-0.3, -0.25) is 14.6 Å². The number of carbonyl (C=O) groups is 2.